The molecule has 24 heavy (non-hydrogen) atoms. The summed E-state index contributed by atoms with van der Waals surface area (Å²) in [6.45, 7) is 2.48. The predicted molar refractivity (Wildman–Crippen MR) is 92.5 cm³/mol. The molecule has 2 aromatic rings. The van der Waals surface area contributed by atoms with Crippen molar-refractivity contribution in [3.63, 3.8) is 0 Å². The molecule has 1 amide bonds. The maximum absolute atomic E-state index is 12.5. The Hall–Kier alpha value is -2.60. The van der Waals surface area contributed by atoms with Crippen LogP contribution in [0.5, 0.6) is 5.75 Å². The van der Waals surface area contributed by atoms with Gasteiger partial charge in [0.2, 0.25) is 5.91 Å². The zero-order valence-corrected chi connectivity index (χ0v) is 14.3. The summed E-state index contributed by atoms with van der Waals surface area (Å²) in [4.78, 5) is 14.1. The second-order valence-electron chi connectivity index (χ2n) is 5.44. The zero-order chi connectivity index (χ0) is 17.5. The van der Waals surface area contributed by atoms with Gasteiger partial charge in [-0.05, 0) is 19.1 Å². The molecule has 0 fully saturated rings. The van der Waals surface area contributed by atoms with Gasteiger partial charge in [-0.1, -0.05) is 18.2 Å². The zero-order valence-electron chi connectivity index (χ0n) is 14.3. The van der Waals surface area contributed by atoms with Crippen LogP contribution in [-0.4, -0.2) is 46.0 Å². The van der Waals surface area contributed by atoms with Gasteiger partial charge in [0.05, 0.1) is 19.9 Å². The number of aromatic nitrogens is 2. The monoisotopic (exact) mass is 329 g/mol. The van der Waals surface area contributed by atoms with Crippen molar-refractivity contribution in [2.24, 2.45) is 7.05 Å². The topological polar surface area (TPSA) is 67.6 Å². The Morgan fingerprint density at radius 1 is 1.42 bits per heavy atom. The molecule has 0 unspecified atom stereocenters. The molecule has 0 radical (unpaired) electrons. The molecule has 0 bridgehead atoms. The third kappa shape index (κ3) is 4.23. The van der Waals surface area contributed by atoms with Crippen molar-refractivity contribution >= 4 is 12.0 Å². The lowest BCUT2D eigenvalue weighted by atomic mass is 10.1. The van der Waals surface area contributed by atoms with Crippen LogP contribution in [0.2, 0.25) is 0 Å². The van der Waals surface area contributed by atoms with E-state index in [-0.39, 0.29) is 19.1 Å². The molecule has 6 nitrogen and oxygen atoms in total. The molecule has 2 rings (SSSR count). The highest BCUT2D eigenvalue weighted by atomic mass is 16.5. The maximum atomic E-state index is 12.5. The van der Waals surface area contributed by atoms with Gasteiger partial charge in [0.1, 0.15) is 5.75 Å². The molecule has 128 valence electrons. The van der Waals surface area contributed by atoms with Crippen LogP contribution in [0.3, 0.4) is 0 Å². The molecule has 1 aromatic heterocycles. The lowest BCUT2D eigenvalue weighted by molar-refractivity contribution is -0.127. The summed E-state index contributed by atoms with van der Waals surface area (Å²) in [6.07, 6.45) is 4.97. The number of aryl methyl sites for hydroxylation is 1. The highest BCUT2D eigenvalue weighted by Gasteiger charge is 2.13. The molecule has 0 saturated heterocycles. The Balaban J connectivity index is 2.14. The smallest absolute Gasteiger partial charge is 0.246 e. The normalized spacial score (nSPS) is 11.0. The van der Waals surface area contributed by atoms with E-state index in [1.807, 2.05) is 38.2 Å². The van der Waals surface area contributed by atoms with Crippen molar-refractivity contribution in [1.82, 2.24) is 14.7 Å². The number of carbonyl (C=O) groups is 1. The quantitative estimate of drug-likeness (QED) is 0.786. The SMILES string of the molecule is COc1ccccc1CN(CCO)C(=O)/C=C/c1cnn(C)c1C. The van der Waals surface area contributed by atoms with E-state index >= 15 is 0 Å². The van der Waals surface area contributed by atoms with Crippen LogP contribution in [0.4, 0.5) is 0 Å². The largest absolute Gasteiger partial charge is 0.496 e. The average molecular weight is 329 g/mol. The molecule has 6 heteroatoms. The van der Waals surface area contributed by atoms with Crippen LogP contribution in [0.1, 0.15) is 16.8 Å². The van der Waals surface area contributed by atoms with Gasteiger partial charge in [-0.2, -0.15) is 5.10 Å². The second-order valence-corrected chi connectivity index (χ2v) is 5.44. The molecule has 0 spiro atoms. The summed E-state index contributed by atoms with van der Waals surface area (Å²) in [5.41, 5.74) is 2.78. The van der Waals surface area contributed by atoms with E-state index in [0.29, 0.717) is 6.54 Å². The first kappa shape index (κ1) is 17.7. The van der Waals surface area contributed by atoms with Gasteiger partial charge < -0.3 is 14.7 Å². The number of amides is 1. The third-order valence-corrected chi connectivity index (χ3v) is 3.91. The maximum Gasteiger partial charge on any atom is 0.246 e. The lowest BCUT2D eigenvalue weighted by Crippen LogP contribution is -2.31. The fourth-order valence-corrected chi connectivity index (χ4v) is 2.37. The van der Waals surface area contributed by atoms with Gasteiger partial charge >= 0.3 is 0 Å². The molecule has 0 atom stereocenters. The number of aliphatic hydroxyl groups is 1. The van der Waals surface area contributed by atoms with Gasteiger partial charge in [0.25, 0.3) is 0 Å². The van der Waals surface area contributed by atoms with Crippen molar-refractivity contribution < 1.29 is 14.6 Å². The van der Waals surface area contributed by atoms with Crippen LogP contribution in [-0.2, 0) is 18.4 Å². The van der Waals surface area contributed by atoms with Crippen molar-refractivity contribution in [1.29, 1.82) is 0 Å². The molecule has 1 N–H and O–H groups in total. The molecular formula is C18H23N3O3. The molecular weight excluding hydrogens is 306 g/mol. The van der Waals surface area contributed by atoms with Crippen molar-refractivity contribution in [3.05, 3.63) is 53.4 Å². The van der Waals surface area contributed by atoms with Crippen LogP contribution < -0.4 is 4.74 Å². The highest BCUT2D eigenvalue weighted by Crippen LogP contribution is 2.19. The van der Waals surface area contributed by atoms with Crippen molar-refractivity contribution in [2.45, 2.75) is 13.5 Å². The summed E-state index contributed by atoms with van der Waals surface area (Å²) >= 11 is 0. The first-order chi connectivity index (χ1) is 11.6. The first-order valence-electron chi connectivity index (χ1n) is 7.75. The summed E-state index contributed by atoms with van der Waals surface area (Å²) in [6, 6.07) is 7.54. The van der Waals surface area contributed by atoms with E-state index in [2.05, 4.69) is 5.10 Å². The Kier molecular flexibility index (Phi) is 6.14. The molecule has 1 aromatic carbocycles. The van der Waals surface area contributed by atoms with E-state index in [1.54, 1.807) is 29.0 Å². The summed E-state index contributed by atoms with van der Waals surface area (Å²) in [7, 11) is 3.45. The van der Waals surface area contributed by atoms with Crippen LogP contribution >= 0.6 is 0 Å². The predicted octanol–water partition coefficient (Wildman–Crippen LogP) is 1.77. The van der Waals surface area contributed by atoms with Crippen molar-refractivity contribution in [3.8, 4) is 5.75 Å². The Bertz CT molecular complexity index is 722. The molecule has 1 heterocycles. The minimum Gasteiger partial charge on any atom is -0.496 e. The number of hydrogen-bond donors (Lipinski definition) is 1. The molecule has 0 aliphatic rings. The average Bonchev–Trinajstić information content (AvgIpc) is 2.91. The number of hydrogen-bond acceptors (Lipinski definition) is 4. The third-order valence-electron chi connectivity index (χ3n) is 3.91. The Labute approximate surface area is 142 Å². The van der Waals surface area contributed by atoms with Crippen LogP contribution in [0.25, 0.3) is 6.08 Å². The standard InChI is InChI=1S/C18H23N3O3/c1-14-15(12-19-20(14)2)8-9-18(23)21(10-11-22)13-16-6-4-5-7-17(16)24-3/h4-9,12,22H,10-11,13H2,1-3H3/b9-8+. The number of benzene rings is 1. The number of aliphatic hydroxyl groups excluding tert-OH is 1. The van der Waals surface area contributed by atoms with Gasteiger partial charge in [-0.25, -0.2) is 0 Å². The molecule has 0 saturated carbocycles. The van der Waals surface area contributed by atoms with Crippen LogP contribution in [0.15, 0.2) is 36.5 Å². The minimum atomic E-state index is -0.168. The number of rotatable bonds is 7. The number of methoxy groups -OCH3 is 1. The first-order valence-corrected chi connectivity index (χ1v) is 7.75. The Morgan fingerprint density at radius 2 is 2.17 bits per heavy atom. The van der Waals surface area contributed by atoms with E-state index in [9.17, 15) is 9.90 Å². The van der Waals surface area contributed by atoms with Gasteiger partial charge in [-0.3, -0.25) is 9.48 Å². The summed E-state index contributed by atoms with van der Waals surface area (Å²) in [5.74, 6) is 0.554. The number of ether oxygens (including phenoxy) is 1. The number of carbonyl (C=O) groups excluding carboxylic acids is 1. The van der Waals surface area contributed by atoms with Gasteiger partial charge in [0, 0.05) is 43.0 Å². The van der Waals surface area contributed by atoms with Crippen LogP contribution in [0, 0.1) is 6.92 Å². The van der Waals surface area contributed by atoms with E-state index in [1.165, 1.54) is 6.08 Å². The minimum absolute atomic E-state index is 0.0966. The second kappa shape index (κ2) is 8.31. The highest BCUT2D eigenvalue weighted by molar-refractivity contribution is 5.91. The number of nitrogens with zero attached hydrogens (tertiary/aromatic N) is 3. The fourth-order valence-electron chi connectivity index (χ4n) is 2.37. The molecule has 0 aliphatic heterocycles. The Morgan fingerprint density at radius 3 is 2.79 bits per heavy atom. The van der Waals surface area contributed by atoms with Crippen molar-refractivity contribution in [2.75, 3.05) is 20.3 Å². The summed E-state index contributed by atoms with van der Waals surface area (Å²) < 4.78 is 7.08. The van der Waals surface area contributed by atoms with Gasteiger partial charge in [-0.15, -0.1) is 0 Å². The van der Waals surface area contributed by atoms with E-state index in [0.717, 1.165) is 22.6 Å². The lowest BCUT2D eigenvalue weighted by Gasteiger charge is -2.21. The van der Waals surface area contributed by atoms with E-state index < -0.39 is 0 Å². The van der Waals surface area contributed by atoms with E-state index in [4.69, 9.17) is 4.74 Å². The fraction of sp³-hybridized carbons (Fsp3) is 0.333. The molecule has 0 aliphatic carbocycles. The van der Waals surface area contributed by atoms with Gasteiger partial charge in [0.15, 0.2) is 0 Å². The summed E-state index contributed by atoms with van der Waals surface area (Å²) in [5, 5.41) is 13.4. The number of para-hydroxylation sites is 1.